The minimum atomic E-state index is -0.754. The molecule has 0 spiro atoms. The van der Waals surface area contributed by atoms with Crippen LogP contribution >= 0.6 is 11.8 Å². The van der Waals surface area contributed by atoms with Crippen LogP contribution in [0.2, 0.25) is 0 Å². The van der Waals surface area contributed by atoms with Crippen LogP contribution < -0.4 is 5.32 Å². The number of rotatable bonds is 9. The van der Waals surface area contributed by atoms with Crippen molar-refractivity contribution in [1.82, 2.24) is 10.2 Å². The van der Waals surface area contributed by atoms with Crippen molar-refractivity contribution >= 4 is 23.6 Å². The molecule has 6 heteroatoms. The molecule has 2 amide bonds. The van der Waals surface area contributed by atoms with Crippen LogP contribution in [0.15, 0.2) is 89.8 Å². The lowest BCUT2D eigenvalue weighted by molar-refractivity contribution is -0.139. The van der Waals surface area contributed by atoms with Crippen molar-refractivity contribution in [3.8, 4) is 0 Å². The first-order valence-electron chi connectivity index (χ1n) is 10.0. The molecule has 3 rings (SSSR count). The maximum atomic E-state index is 14.4. The Labute approximate surface area is 186 Å². The minimum Gasteiger partial charge on any atom is -0.357 e. The Kier molecular flexibility index (Phi) is 8.24. The van der Waals surface area contributed by atoms with E-state index in [9.17, 15) is 14.0 Å². The van der Waals surface area contributed by atoms with Crippen LogP contribution in [0.25, 0.3) is 0 Å². The van der Waals surface area contributed by atoms with Crippen LogP contribution in [-0.4, -0.2) is 35.6 Å². The van der Waals surface area contributed by atoms with Gasteiger partial charge in [0.1, 0.15) is 11.9 Å². The molecule has 0 unspecified atom stereocenters. The number of carbonyl (C=O) groups is 2. The summed E-state index contributed by atoms with van der Waals surface area (Å²) < 4.78 is 14.4. The van der Waals surface area contributed by atoms with Gasteiger partial charge in [-0.1, -0.05) is 66.7 Å². The zero-order valence-electron chi connectivity index (χ0n) is 17.3. The molecule has 0 saturated heterocycles. The average Bonchev–Trinajstić information content (AvgIpc) is 2.81. The lowest BCUT2D eigenvalue weighted by atomic mass is 10.0. The fourth-order valence-corrected chi connectivity index (χ4v) is 4.08. The Balaban J connectivity index is 1.88. The number of nitrogens with zero attached hydrogens (tertiary/aromatic N) is 1. The summed E-state index contributed by atoms with van der Waals surface area (Å²) in [5.41, 5.74) is 1.31. The zero-order chi connectivity index (χ0) is 22.1. The molecular weight excluding hydrogens is 411 g/mol. The van der Waals surface area contributed by atoms with E-state index < -0.39 is 11.9 Å². The molecule has 3 aromatic carbocycles. The average molecular weight is 437 g/mol. The van der Waals surface area contributed by atoms with Gasteiger partial charge in [0.05, 0.1) is 5.75 Å². The first-order valence-corrected chi connectivity index (χ1v) is 11.0. The fourth-order valence-electron chi connectivity index (χ4n) is 3.28. The molecule has 0 radical (unpaired) electrons. The molecule has 0 heterocycles. The molecule has 3 aromatic rings. The summed E-state index contributed by atoms with van der Waals surface area (Å²) in [6.45, 7) is 0.0196. The summed E-state index contributed by atoms with van der Waals surface area (Å²) in [6.07, 6.45) is 0.344. The molecule has 31 heavy (non-hydrogen) atoms. The number of benzene rings is 3. The highest BCUT2D eigenvalue weighted by molar-refractivity contribution is 8.00. The van der Waals surface area contributed by atoms with Gasteiger partial charge < -0.3 is 10.2 Å². The van der Waals surface area contributed by atoms with E-state index >= 15 is 0 Å². The van der Waals surface area contributed by atoms with Gasteiger partial charge >= 0.3 is 0 Å². The van der Waals surface area contributed by atoms with E-state index in [-0.39, 0.29) is 24.1 Å². The topological polar surface area (TPSA) is 49.4 Å². The van der Waals surface area contributed by atoms with E-state index in [2.05, 4.69) is 5.32 Å². The SMILES string of the molecule is CNC(=O)[C@H](Cc1ccccc1)N(Cc1ccccc1F)C(=O)CSc1ccccc1. The van der Waals surface area contributed by atoms with Crippen LogP contribution in [0.4, 0.5) is 4.39 Å². The molecule has 0 saturated carbocycles. The number of likely N-dealkylation sites (N-methyl/N-ethyl adjacent to an activating group) is 1. The number of hydrogen-bond acceptors (Lipinski definition) is 3. The highest BCUT2D eigenvalue weighted by Gasteiger charge is 2.30. The molecule has 0 aliphatic heterocycles. The third-order valence-electron chi connectivity index (χ3n) is 4.92. The monoisotopic (exact) mass is 436 g/mol. The molecular formula is C25H25FN2O2S. The maximum Gasteiger partial charge on any atom is 0.242 e. The smallest absolute Gasteiger partial charge is 0.242 e. The number of amides is 2. The summed E-state index contributed by atoms with van der Waals surface area (Å²) in [5, 5.41) is 2.66. The van der Waals surface area contributed by atoms with Gasteiger partial charge in [0, 0.05) is 30.5 Å². The molecule has 160 valence electrons. The summed E-state index contributed by atoms with van der Waals surface area (Å²) in [4.78, 5) is 28.5. The lowest BCUT2D eigenvalue weighted by Gasteiger charge is -2.31. The zero-order valence-corrected chi connectivity index (χ0v) is 18.1. The molecule has 0 aromatic heterocycles. The van der Waals surface area contributed by atoms with Gasteiger partial charge in [0.2, 0.25) is 11.8 Å². The van der Waals surface area contributed by atoms with E-state index in [1.807, 2.05) is 60.7 Å². The molecule has 0 aliphatic rings. The van der Waals surface area contributed by atoms with Gasteiger partial charge in [-0.25, -0.2) is 4.39 Å². The predicted molar refractivity (Wildman–Crippen MR) is 122 cm³/mol. The highest BCUT2D eigenvalue weighted by atomic mass is 32.2. The second-order valence-electron chi connectivity index (χ2n) is 7.03. The second kappa shape index (κ2) is 11.3. The van der Waals surface area contributed by atoms with E-state index in [0.29, 0.717) is 12.0 Å². The predicted octanol–water partition coefficient (Wildman–Crippen LogP) is 4.30. The van der Waals surface area contributed by atoms with Crippen molar-refractivity contribution in [1.29, 1.82) is 0 Å². The van der Waals surface area contributed by atoms with Gasteiger partial charge in [-0.2, -0.15) is 0 Å². The Morgan fingerprint density at radius 1 is 0.935 bits per heavy atom. The number of halogens is 1. The lowest BCUT2D eigenvalue weighted by Crippen LogP contribution is -2.50. The Morgan fingerprint density at radius 2 is 1.55 bits per heavy atom. The maximum absolute atomic E-state index is 14.4. The van der Waals surface area contributed by atoms with Crippen LogP contribution in [0.1, 0.15) is 11.1 Å². The molecule has 1 N–H and O–H groups in total. The molecule has 0 bridgehead atoms. The largest absolute Gasteiger partial charge is 0.357 e. The quantitative estimate of drug-likeness (QED) is 0.509. The van der Waals surface area contributed by atoms with Crippen LogP contribution in [0.5, 0.6) is 0 Å². The molecule has 4 nitrogen and oxygen atoms in total. The van der Waals surface area contributed by atoms with Gasteiger partial charge in [0.25, 0.3) is 0 Å². The second-order valence-corrected chi connectivity index (χ2v) is 8.08. The van der Waals surface area contributed by atoms with Crippen LogP contribution in [0.3, 0.4) is 0 Å². The van der Waals surface area contributed by atoms with E-state index in [0.717, 1.165) is 10.5 Å². The van der Waals surface area contributed by atoms with E-state index in [1.165, 1.54) is 22.7 Å². The summed E-state index contributed by atoms with van der Waals surface area (Å²) in [5.74, 6) is -0.743. The first kappa shape index (κ1) is 22.6. The van der Waals surface area contributed by atoms with Crippen molar-refractivity contribution in [2.45, 2.75) is 23.9 Å². The van der Waals surface area contributed by atoms with Gasteiger partial charge in [-0.05, 0) is 23.8 Å². The van der Waals surface area contributed by atoms with Gasteiger partial charge in [-0.3, -0.25) is 9.59 Å². The number of nitrogens with one attached hydrogen (secondary N) is 1. The Morgan fingerprint density at radius 3 is 2.19 bits per heavy atom. The van der Waals surface area contributed by atoms with Crippen molar-refractivity contribution in [2.75, 3.05) is 12.8 Å². The third kappa shape index (κ3) is 6.43. The fraction of sp³-hybridized carbons (Fsp3) is 0.200. The molecule has 0 aliphatic carbocycles. The van der Waals surface area contributed by atoms with Crippen LogP contribution in [0, 0.1) is 5.82 Å². The third-order valence-corrected chi connectivity index (χ3v) is 5.92. The van der Waals surface area contributed by atoms with E-state index in [4.69, 9.17) is 0 Å². The van der Waals surface area contributed by atoms with Crippen molar-refractivity contribution < 1.29 is 14.0 Å². The summed E-state index contributed by atoms with van der Waals surface area (Å²) in [7, 11) is 1.55. The minimum absolute atomic E-state index is 0.0196. The van der Waals surface area contributed by atoms with Gasteiger partial charge in [0.15, 0.2) is 0 Å². The van der Waals surface area contributed by atoms with Crippen molar-refractivity contribution in [2.24, 2.45) is 0 Å². The normalized spacial score (nSPS) is 11.5. The highest BCUT2D eigenvalue weighted by Crippen LogP contribution is 2.21. The number of hydrogen-bond donors (Lipinski definition) is 1. The first-order chi connectivity index (χ1) is 15.1. The Hall–Kier alpha value is -3.12. The number of thioether (sulfide) groups is 1. The molecule has 1 atom stereocenters. The van der Waals surface area contributed by atoms with E-state index in [1.54, 1.807) is 25.2 Å². The van der Waals surface area contributed by atoms with Crippen molar-refractivity contribution in [3.05, 3.63) is 102 Å². The van der Waals surface area contributed by atoms with Crippen molar-refractivity contribution in [3.63, 3.8) is 0 Å². The Bertz CT molecular complexity index is 999. The summed E-state index contributed by atoms with van der Waals surface area (Å²) >= 11 is 1.40. The standard InChI is InChI=1S/C25H25FN2O2S/c1-27-25(30)23(16-19-10-4-2-5-11-19)28(17-20-12-8-9-15-22(20)26)24(29)18-31-21-13-6-3-7-14-21/h2-15,23H,16-18H2,1H3,(H,27,30)/t23-/m0/s1. The van der Waals surface area contributed by atoms with Gasteiger partial charge in [-0.15, -0.1) is 11.8 Å². The van der Waals surface area contributed by atoms with Crippen LogP contribution in [-0.2, 0) is 22.6 Å². The summed E-state index contributed by atoms with van der Waals surface area (Å²) in [6, 6.07) is 24.7. The molecule has 0 fully saturated rings. The number of carbonyl (C=O) groups excluding carboxylic acids is 2.